The number of anilines is 1. The van der Waals surface area contributed by atoms with Crippen LogP contribution in [0.15, 0.2) is 64.6 Å². The van der Waals surface area contributed by atoms with Crippen molar-refractivity contribution in [3.05, 3.63) is 70.8 Å². The second-order valence-electron chi connectivity index (χ2n) is 9.18. The van der Waals surface area contributed by atoms with Crippen molar-refractivity contribution in [3.63, 3.8) is 0 Å². The van der Waals surface area contributed by atoms with E-state index in [1.54, 1.807) is 24.0 Å². The number of nitrogens with one attached hydrogen (secondary N) is 1. The van der Waals surface area contributed by atoms with Crippen molar-refractivity contribution in [2.75, 3.05) is 46.1 Å². The molecule has 7 nitrogen and oxygen atoms in total. The maximum absolute atomic E-state index is 13.5. The molecule has 1 fully saturated rings. The van der Waals surface area contributed by atoms with Crippen LogP contribution in [0, 0.1) is 0 Å². The molecule has 8 heteroatoms. The van der Waals surface area contributed by atoms with Gasteiger partial charge in [0, 0.05) is 31.9 Å². The summed E-state index contributed by atoms with van der Waals surface area (Å²) in [5.74, 6) is -0.0808. The summed E-state index contributed by atoms with van der Waals surface area (Å²) >= 11 is 1.38. The number of unbranched alkanes of at least 4 members (excludes halogenated alkanes) is 1. The number of benzene rings is 2. The average molecular weight is 508 g/mol. The molecule has 1 saturated heterocycles. The Bertz CT molecular complexity index is 1110. The van der Waals surface area contributed by atoms with Gasteiger partial charge in [-0.2, -0.15) is 0 Å². The molecule has 0 atom stereocenters. The Hall–Kier alpha value is -3.10. The molecule has 0 bridgehead atoms. The zero-order valence-electron chi connectivity index (χ0n) is 22.0. The number of hydrogen-bond acceptors (Lipinski definition) is 7. The van der Waals surface area contributed by atoms with Gasteiger partial charge >= 0.3 is 0 Å². The van der Waals surface area contributed by atoms with E-state index in [-0.39, 0.29) is 11.7 Å². The molecular weight excluding hydrogens is 470 g/mol. The van der Waals surface area contributed by atoms with Gasteiger partial charge in [0.1, 0.15) is 0 Å². The highest BCUT2D eigenvalue weighted by Crippen LogP contribution is 2.36. The SMILES string of the molecule is CCNc1ccc(C(C)=O)cc1N=C1S/C(=C\N(C)CCCCN(C)C)C(=O)N1Cc1ccccc1. The fourth-order valence-electron chi connectivity index (χ4n) is 3.83. The molecule has 2 aromatic carbocycles. The van der Waals surface area contributed by atoms with Gasteiger partial charge in [0.15, 0.2) is 11.0 Å². The fraction of sp³-hybridized carbons (Fsp3) is 0.393. The molecule has 1 N–H and O–H groups in total. The van der Waals surface area contributed by atoms with E-state index < -0.39 is 0 Å². The number of hydrogen-bond donors (Lipinski definition) is 1. The minimum absolute atomic E-state index is 0.0210. The lowest BCUT2D eigenvalue weighted by molar-refractivity contribution is -0.122. The van der Waals surface area contributed by atoms with Crippen LogP contribution in [0.2, 0.25) is 0 Å². The van der Waals surface area contributed by atoms with E-state index in [4.69, 9.17) is 4.99 Å². The Morgan fingerprint density at radius 1 is 1.08 bits per heavy atom. The lowest BCUT2D eigenvalue weighted by atomic mass is 10.1. The number of aliphatic imine (C=N–C) groups is 1. The van der Waals surface area contributed by atoms with E-state index in [2.05, 4.69) is 29.2 Å². The quantitative estimate of drug-likeness (QED) is 0.242. The molecule has 0 radical (unpaired) electrons. The third-order valence-electron chi connectivity index (χ3n) is 5.76. The molecule has 1 amide bonds. The van der Waals surface area contributed by atoms with Gasteiger partial charge < -0.3 is 15.1 Å². The summed E-state index contributed by atoms with van der Waals surface area (Å²) in [6.45, 7) is 6.64. The minimum atomic E-state index is -0.0598. The number of thioether (sulfide) groups is 1. The van der Waals surface area contributed by atoms with Gasteiger partial charge in [-0.3, -0.25) is 14.5 Å². The number of amidine groups is 1. The van der Waals surface area contributed by atoms with Gasteiger partial charge in [-0.25, -0.2) is 4.99 Å². The fourth-order valence-corrected chi connectivity index (χ4v) is 4.86. The number of Topliss-reactive ketones (excluding diaryl/α,β-unsaturated/α-hetero) is 1. The van der Waals surface area contributed by atoms with Crippen LogP contribution in [0.1, 0.15) is 42.6 Å². The number of ketones is 1. The molecule has 0 aliphatic carbocycles. The predicted molar refractivity (Wildman–Crippen MR) is 151 cm³/mol. The minimum Gasteiger partial charge on any atom is -0.384 e. The van der Waals surface area contributed by atoms with Crippen LogP contribution in [-0.4, -0.2) is 72.3 Å². The van der Waals surface area contributed by atoms with Gasteiger partial charge in [-0.15, -0.1) is 0 Å². The largest absolute Gasteiger partial charge is 0.384 e. The summed E-state index contributed by atoms with van der Waals surface area (Å²) in [4.78, 5) is 37.1. The second-order valence-corrected chi connectivity index (χ2v) is 10.2. The molecule has 0 spiro atoms. The van der Waals surface area contributed by atoms with Crippen LogP contribution in [0.5, 0.6) is 0 Å². The van der Waals surface area contributed by atoms with E-state index in [0.29, 0.717) is 27.9 Å². The number of carbonyl (C=O) groups is 2. The van der Waals surface area contributed by atoms with Gasteiger partial charge in [0.25, 0.3) is 5.91 Å². The van der Waals surface area contributed by atoms with Crippen molar-refractivity contribution >= 4 is 40.0 Å². The van der Waals surface area contributed by atoms with E-state index >= 15 is 0 Å². The molecule has 1 aliphatic heterocycles. The van der Waals surface area contributed by atoms with Gasteiger partial charge in [-0.05, 0) is 82.9 Å². The monoisotopic (exact) mass is 507 g/mol. The first-order valence-electron chi connectivity index (χ1n) is 12.4. The molecule has 0 saturated carbocycles. The van der Waals surface area contributed by atoms with Crippen molar-refractivity contribution in [3.8, 4) is 0 Å². The van der Waals surface area contributed by atoms with E-state index in [0.717, 1.165) is 43.7 Å². The number of carbonyl (C=O) groups excluding carboxylic acids is 2. The topological polar surface area (TPSA) is 68.2 Å². The van der Waals surface area contributed by atoms with Crippen molar-refractivity contribution in [2.24, 2.45) is 4.99 Å². The second kappa shape index (κ2) is 13.3. The first-order valence-corrected chi connectivity index (χ1v) is 13.2. The Morgan fingerprint density at radius 3 is 2.47 bits per heavy atom. The molecular formula is C28H37N5O2S. The van der Waals surface area contributed by atoms with Crippen LogP contribution >= 0.6 is 11.8 Å². The normalized spacial score (nSPS) is 15.8. The molecule has 192 valence electrons. The highest BCUT2D eigenvalue weighted by atomic mass is 32.2. The van der Waals surface area contributed by atoms with Crippen molar-refractivity contribution < 1.29 is 9.59 Å². The molecule has 3 rings (SSSR count). The van der Waals surface area contributed by atoms with Gasteiger partial charge in [0.05, 0.1) is 22.8 Å². The van der Waals surface area contributed by atoms with E-state index in [1.165, 1.54) is 11.8 Å². The van der Waals surface area contributed by atoms with Crippen LogP contribution in [0.4, 0.5) is 11.4 Å². The molecule has 1 aliphatic rings. The lowest BCUT2D eigenvalue weighted by Gasteiger charge is -2.17. The van der Waals surface area contributed by atoms with Crippen molar-refractivity contribution in [1.82, 2.24) is 14.7 Å². The van der Waals surface area contributed by atoms with Crippen LogP contribution < -0.4 is 5.32 Å². The number of amides is 1. The molecule has 36 heavy (non-hydrogen) atoms. The van der Waals surface area contributed by atoms with Crippen LogP contribution in [0.25, 0.3) is 0 Å². The maximum atomic E-state index is 13.5. The standard InChI is InChI=1S/C28H37N5O2S/c1-6-29-24-15-14-23(21(2)34)18-25(24)30-28-33(19-22-12-8-7-9-13-22)27(35)26(36-28)20-32(5)17-11-10-16-31(3)4/h7-9,12-15,18,20,29H,6,10-11,16-17,19H2,1-5H3/b26-20-,30-28?. The summed E-state index contributed by atoms with van der Waals surface area (Å²) in [5.41, 5.74) is 3.10. The molecule has 2 aromatic rings. The Balaban J connectivity index is 1.92. The van der Waals surface area contributed by atoms with Crippen LogP contribution in [-0.2, 0) is 11.3 Å². The highest BCUT2D eigenvalue weighted by Gasteiger charge is 2.34. The lowest BCUT2D eigenvalue weighted by Crippen LogP contribution is -2.29. The highest BCUT2D eigenvalue weighted by molar-refractivity contribution is 8.18. The van der Waals surface area contributed by atoms with Gasteiger partial charge in [-0.1, -0.05) is 30.3 Å². The summed E-state index contributed by atoms with van der Waals surface area (Å²) < 4.78 is 0. The molecule has 0 aromatic heterocycles. The summed E-state index contributed by atoms with van der Waals surface area (Å²) in [6.07, 6.45) is 4.09. The summed E-state index contributed by atoms with van der Waals surface area (Å²) in [5, 5.41) is 3.92. The predicted octanol–water partition coefficient (Wildman–Crippen LogP) is 5.20. The molecule has 1 heterocycles. The Morgan fingerprint density at radius 2 is 1.81 bits per heavy atom. The first kappa shape index (κ1) is 27.5. The first-order chi connectivity index (χ1) is 17.3. The average Bonchev–Trinajstić information content (AvgIpc) is 3.12. The zero-order valence-corrected chi connectivity index (χ0v) is 22.8. The van der Waals surface area contributed by atoms with E-state index in [1.807, 2.05) is 56.6 Å². The summed E-state index contributed by atoms with van der Waals surface area (Å²) in [7, 11) is 6.16. The van der Waals surface area contributed by atoms with Gasteiger partial charge in [0.2, 0.25) is 0 Å². The van der Waals surface area contributed by atoms with E-state index in [9.17, 15) is 9.59 Å². The summed E-state index contributed by atoms with van der Waals surface area (Å²) in [6, 6.07) is 15.4. The number of nitrogens with zero attached hydrogens (tertiary/aromatic N) is 4. The Labute approximate surface area is 219 Å². The van der Waals surface area contributed by atoms with Crippen molar-refractivity contribution in [1.29, 1.82) is 0 Å². The zero-order chi connectivity index (χ0) is 26.1. The Kier molecular flexibility index (Phi) is 10.1. The van der Waals surface area contributed by atoms with Crippen LogP contribution in [0.3, 0.4) is 0 Å². The van der Waals surface area contributed by atoms with Crippen molar-refractivity contribution in [2.45, 2.75) is 33.2 Å². The number of rotatable bonds is 12. The maximum Gasteiger partial charge on any atom is 0.268 e. The smallest absolute Gasteiger partial charge is 0.268 e. The third-order valence-corrected chi connectivity index (χ3v) is 6.76. The molecule has 0 unspecified atom stereocenters. The third kappa shape index (κ3) is 7.70.